The van der Waals surface area contributed by atoms with Gasteiger partial charge in [0.2, 0.25) is 0 Å². The Hall–Kier alpha value is -2.11. The van der Waals surface area contributed by atoms with Gasteiger partial charge in [-0.15, -0.1) is 0 Å². The Morgan fingerprint density at radius 3 is 2.58 bits per heavy atom. The number of rotatable bonds is 3. The van der Waals surface area contributed by atoms with Crippen molar-refractivity contribution in [2.45, 2.75) is 18.9 Å². The van der Waals surface area contributed by atoms with Gasteiger partial charge in [0.1, 0.15) is 0 Å². The van der Waals surface area contributed by atoms with Crippen LogP contribution in [0.25, 0.3) is 22.3 Å². The zero-order chi connectivity index (χ0) is 16.8. The van der Waals surface area contributed by atoms with E-state index in [0.29, 0.717) is 26.9 Å². The van der Waals surface area contributed by atoms with Crippen LogP contribution in [0.15, 0.2) is 30.5 Å². The first kappa shape index (κ1) is 15.4. The highest BCUT2D eigenvalue weighted by Crippen LogP contribution is 2.29. The van der Waals surface area contributed by atoms with Crippen LogP contribution in [0.3, 0.4) is 0 Å². The van der Waals surface area contributed by atoms with Gasteiger partial charge in [-0.1, -0.05) is 23.2 Å². The summed E-state index contributed by atoms with van der Waals surface area (Å²) in [5.74, 6) is -0.104. The highest BCUT2D eigenvalue weighted by Gasteiger charge is 2.25. The molecule has 2 aromatic heterocycles. The number of carbonyl (C=O) groups excluding carboxylic acids is 1. The summed E-state index contributed by atoms with van der Waals surface area (Å²) in [6.07, 6.45) is 3.73. The lowest BCUT2D eigenvalue weighted by Gasteiger charge is -2.09. The molecule has 0 saturated heterocycles. The maximum Gasteiger partial charge on any atom is 0.252 e. The van der Waals surface area contributed by atoms with Gasteiger partial charge in [0.25, 0.3) is 5.91 Å². The SMILES string of the molecule is Cn1ncc2c(C(=O)NC3CC3)cc(-c3cc(Cl)cc(Cl)c3)nc21. The molecule has 1 aromatic carbocycles. The maximum absolute atomic E-state index is 12.6. The van der Waals surface area contributed by atoms with Crippen molar-refractivity contribution in [2.24, 2.45) is 7.05 Å². The van der Waals surface area contributed by atoms with Crippen molar-refractivity contribution in [3.05, 3.63) is 46.1 Å². The number of halogens is 2. The number of aryl methyl sites for hydroxylation is 1. The van der Waals surface area contributed by atoms with E-state index in [0.717, 1.165) is 23.8 Å². The minimum Gasteiger partial charge on any atom is -0.349 e. The molecule has 1 aliphatic carbocycles. The van der Waals surface area contributed by atoms with E-state index in [-0.39, 0.29) is 11.9 Å². The minimum absolute atomic E-state index is 0.104. The Kier molecular flexibility index (Phi) is 3.70. The zero-order valence-electron chi connectivity index (χ0n) is 12.9. The standard InChI is InChI=1S/C17H14Cl2N4O/c1-23-16-14(8-20-23)13(17(24)21-12-2-3-12)7-15(22-16)9-4-10(18)6-11(19)5-9/h4-8,12H,2-3H2,1H3,(H,21,24). The predicted octanol–water partition coefficient (Wildman–Crippen LogP) is 3.83. The third-order valence-electron chi connectivity index (χ3n) is 4.02. The summed E-state index contributed by atoms with van der Waals surface area (Å²) in [6, 6.07) is 7.27. The molecule has 1 N–H and O–H groups in total. The summed E-state index contributed by atoms with van der Waals surface area (Å²) >= 11 is 12.2. The smallest absolute Gasteiger partial charge is 0.252 e. The Balaban J connectivity index is 1.89. The van der Waals surface area contributed by atoms with Crippen molar-refractivity contribution in [1.82, 2.24) is 20.1 Å². The Morgan fingerprint density at radius 1 is 1.21 bits per heavy atom. The summed E-state index contributed by atoms with van der Waals surface area (Å²) in [4.78, 5) is 17.2. The molecule has 2 heterocycles. The highest BCUT2D eigenvalue weighted by molar-refractivity contribution is 6.35. The molecule has 1 fully saturated rings. The van der Waals surface area contributed by atoms with E-state index in [1.54, 1.807) is 42.2 Å². The van der Waals surface area contributed by atoms with Crippen LogP contribution in [0.2, 0.25) is 10.0 Å². The Labute approximate surface area is 148 Å². The van der Waals surface area contributed by atoms with E-state index < -0.39 is 0 Å². The molecule has 0 spiro atoms. The van der Waals surface area contributed by atoms with Crippen molar-refractivity contribution in [3.63, 3.8) is 0 Å². The fourth-order valence-electron chi connectivity index (χ4n) is 2.64. The molecule has 5 nitrogen and oxygen atoms in total. The lowest BCUT2D eigenvalue weighted by Crippen LogP contribution is -2.25. The lowest BCUT2D eigenvalue weighted by atomic mass is 10.1. The van der Waals surface area contributed by atoms with Crippen molar-refractivity contribution in [2.75, 3.05) is 0 Å². The topological polar surface area (TPSA) is 59.8 Å². The van der Waals surface area contributed by atoms with Gasteiger partial charge < -0.3 is 5.32 Å². The third kappa shape index (κ3) is 2.85. The summed E-state index contributed by atoms with van der Waals surface area (Å²) < 4.78 is 1.65. The van der Waals surface area contributed by atoms with Gasteiger partial charge >= 0.3 is 0 Å². The number of nitrogens with zero attached hydrogens (tertiary/aromatic N) is 3. The van der Waals surface area contributed by atoms with Crippen LogP contribution in [-0.2, 0) is 7.05 Å². The van der Waals surface area contributed by atoms with Crippen LogP contribution >= 0.6 is 23.2 Å². The number of pyridine rings is 1. The van der Waals surface area contributed by atoms with Gasteiger partial charge in [-0.25, -0.2) is 4.98 Å². The highest BCUT2D eigenvalue weighted by atomic mass is 35.5. The van der Waals surface area contributed by atoms with E-state index in [9.17, 15) is 4.79 Å². The second-order valence-corrected chi connectivity index (χ2v) is 6.84. The van der Waals surface area contributed by atoms with Crippen molar-refractivity contribution < 1.29 is 4.79 Å². The van der Waals surface area contributed by atoms with Gasteiger partial charge in [0.15, 0.2) is 5.65 Å². The monoisotopic (exact) mass is 360 g/mol. The molecule has 24 heavy (non-hydrogen) atoms. The number of nitrogens with one attached hydrogen (secondary N) is 1. The lowest BCUT2D eigenvalue weighted by molar-refractivity contribution is 0.0952. The van der Waals surface area contributed by atoms with Gasteiger partial charge in [0, 0.05) is 28.7 Å². The van der Waals surface area contributed by atoms with Crippen LogP contribution in [0.4, 0.5) is 0 Å². The van der Waals surface area contributed by atoms with Gasteiger partial charge in [0.05, 0.1) is 22.8 Å². The number of carbonyl (C=O) groups is 1. The second-order valence-electron chi connectivity index (χ2n) is 5.97. The van der Waals surface area contributed by atoms with Crippen LogP contribution in [0.5, 0.6) is 0 Å². The molecule has 0 aliphatic heterocycles. The summed E-state index contributed by atoms with van der Waals surface area (Å²) in [7, 11) is 1.80. The fraction of sp³-hybridized carbons (Fsp3) is 0.235. The zero-order valence-corrected chi connectivity index (χ0v) is 14.4. The molecule has 7 heteroatoms. The maximum atomic E-state index is 12.6. The molecule has 0 radical (unpaired) electrons. The van der Waals surface area contributed by atoms with Gasteiger partial charge in [-0.05, 0) is 37.1 Å². The summed E-state index contributed by atoms with van der Waals surface area (Å²) in [5, 5.41) is 9.02. The molecule has 0 atom stereocenters. The van der Waals surface area contributed by atoms with E-state index in [4.69, 9.17) is 23.2 Å². The first-order valence-electron chi connectivity index (χ1n) is 7.61. The molecule has 1 amide bonds. The largest absolute Gasteiger partial charge is 0.349 e. The number of aromatic nitrogens is 3. The van der Waals surface area contributed by atoms with Crippen LogP contribution in [-0.4, -0.2) is 26.7 Å². The first-order valence-corrected chi connectivity index (χ1v) is 8.37. The molecular formula is C17H14Cl2N4O. The van der Waals surface area contributed by atoms with Crippen LogP contribution in [0.1, 0.15) is 23.2 Å². The van der Waals surface area contributed by atoms with Crippen LogP contribution < -0.4 is 5.32 Å². The Morgan fingerprint density at radius 2 is 1.92 bits per heavy atom. The normalized spacial score (nSPS) is 14.1. The molecule has 1 saturated carbocycles. The van der Waals surface area contributed by atoms with E-state index in [1.807, 2.05) is 0 Å². The Bertz CT molecular complexity index is 942. The fourth-order valence-corrected chi connectivity index (χ4v) is 3.17. The molecule has 0 unspecified atom stereocenters. The number of fused-ring (bicyclic) bond motifs is 1. The predicted molar refractivity (Wildman–Crippen MR) is 94.5 cm³/mol. The quantitative estimate of drug-likeness (QED) is 0.771. The van der Waals surface area contributed by atoms with Crippen LogP contribution in [0, 0.1) is 0 Å². The number of hydrogen-bond donors (Lipinski definition) is 1. The van der Waals surface area contributed by atoms with E-state index in [1.165, 1.54) is 0 Å². The number of amides is 1. The molecule has 0 bridgehead atoms. The molecule has 122 valence electrons. The average Bonchev–Trinajstić information content (AvgIpc) is 3.27. The minimum atomic E-state index is -0.104. The molecule has 3 aromatic rings. The van der Waals surface area contributed by atoms with Crippen molar-refractivity contribution in [3.8, 4) is 11.3 Å². The van der Waals surface area contributed by atoms with E-state index >= 15 is 0 Å². The van der Waals surface area contributed by atoms with Crippen molar-refractivity contribution >= 4 is 40.1 Å². The average molecular weight is 361 g/mol. The van der Waals surface area contributed by atoms with E-state index in [2.05, 4.69) is 15.4 Å². The summed E-state index contributed by atoms with van der Waals surface area (Å²) in [5.41, 5.74) is 2.60. The summed E-state index contributed by atoms with van der Waals surface area (Å²) in [6.45, 7) is 0. The van der Waals surface area contributed by atoms with Crippen molar-refractivity contribution in [1.29, 1.82) is 0 Å². The first-order chi connectivity index (χ1) is 11.5. The molecular weight excluding hydrogens is 347 g/mol. The molecule has 1 aliphatic rings. The van der Waals surface area contributed by atoms with Gasteiger partial charge in [-0.2, -0.15) is 5.10 Å². The number of hydrogen-bond acceptors (Lipinski definition) is 3. The molecule has 4 rings (SSSR count). The van der Waals surface area contributed by atoms with Gasteiger partial charge in [-0.3, -0.25) is 9.48 Å². The third-order valence-corrected chi connectivity index (χ3v) is 4.46. The number of benzene rings is 1. The second kappa shape index (κ2) is 5.76.